The smallest absolute Gasteiger partial charge is 0.322 e. The molecule has 0 bridgehead atoms. The van der Waals surface area contributed by atoms with Crippen LogP contribution < -0.4 is 5.32 Å². The lowest BCUT2D eigenvalue weighted by Crippen LogP contribution is -2.33. The Hall–Kier alpha value is -1.04. The molecule has 98 valence electrons. The number of likely N-dealkylation sites (tertiary alicyclic amines) is 1. The molecule has 1 fully saturated rings. The Kier molecular flexibility index (Phi) is 3.94. The molecule has 2 atom stereocenters. The van der Waals surface area contributed by atoms with Gasteiger partial charge >= 0.3 is 6.03 Å². The average Bonchev–Trinajstić information content (AvgIpc) is 2.63. The van der Waals surface area contributed by atoms with Crippen LogP contribution in [-0.2, 0) is 0 Å². The van der Waals surface area contributed by atoms with Gasteiger partial charge in [-0.15, -0.1) is 0 Å². The van der Waals surface area contributed by atoms with Gasteiger partial charge in [0.15, 0.2) is 0 Å². The maximum atomic E-state index is 13.1. The number of carbonyl (C=O) groups is 1. The van der Waals surface area contributed by atoms with E-state index in [4.69, 9.17) is 23.2 Å². The van der Waals surface area contributed by atoms with Gasteiger partial charge in [-0.05, 0) is 18.2 Å². The summed E-state index contributed by atoms with van der Waals surface area (Å²) in [5, 5.41) is 12.5. The van der Waals surface area contributed by atoms with Crippen LogP contribution >= 0.6 is 23.2 Å². The minimum Gasteiger partial charge on any atom is -0.388 e. The molecule has 18 heavy (non-hydrogen) atoms. The van der Waals surface area contributed by atoms with Gasteiger partial charge in [0, 0.05) is 5.02 Å². The number of hydrogen-bond donors (Lipinski definition) is 2. The van der Waals surface area contributed by atoms with Crippen molar-refractivity contribution < 1.29 is 14.3 Å². The van der Waals surface area contributed by atoms with Crippen LogP contribution in [0.15, 0.2) is 18.2 Å². The number of amides is 2. The standard InChI is InChI=1S/C11H11Cl2FN2O2/c12-6-1-2-9(7(13)3-6)15-11(18)16-4-8(14)10(17)5-16/h1-3,8,10,17H,4-5H2,(H,15,18)/t8-,10-/m1/s1. The summed E-state index contributed by atoms with van der Waals surface area (Å²) in [5.41, 5.74) is 0.392. The summed E-state index contributed by atoms with van der Waals surface area (Å²) in [7, 11) is 0. The molecule has 1 saturated heterocycles. The molecule has 2 amide bonds. The Balaban J connectivity index is 2.03. The molecular formula is C11H11Cl2FN2O2. The number of hydrogen-bond acceptors (Lipinski definition) is 2. The van der Waals surface area contributed by atoms with Crippen LogP contribution in [-0.4, -0.2) is 41.4 Å². The number of nitrogens with zero attached hydrogens (tertiary/aromatic N) is 1. The second-order valence-electron chi connectivity index (χ2n) is 4.04. The van der Waals surface area contributed by atoms with Gasteiger partial charge in [0.2, 0.25) is 0 Å². The maximum absolute atomic E-state index is 13.1. The van der Waals surface area contributed by atoms with Crippen LogP contribution in [0.1, 0.15) is 0 Å². The van der Waals surface area contributed by atoms with Crippen molar-refractivity contribution in [1.29, 1.82) is 0 Å². The fraction of sp³-hybridized carbons (Fsp3) is 0.364. The molecule has 4 nitrogen and oxygen atoms in total. The number of alkyl halides is 1. The van der Waals surface area contributed by atoms with Crippen LogP contribution in [0.2, 0.25) is 10.0 Å². The predicted octanol–water partition coefficient (Wildman–Crippen LogP) is 2.54. The van der Waals surface area contributed by atoms with Gasteiger partial charge in [-0.3, -0.25) is 0 Å². The lowest BCUT2D eigenvalue weighted by molar-refractivity contribution is 0.116. The van der Waals surface area contributed by atoms with Crippen LogP contribution in [0.25, 0.3) is 0 Å². The lowest BCUT2D eigenvalue weighted by Gasteiger charge is -2.16. The van der Waals surface area contributed by atoms with Crippen molar-refractivity contribution in [2.24, 2.45) is 0 Å². The first kappa shape index (κ1) is 13.4. The maximum Gasteiger partial charge on any atom is 0.322 e. The molecule has 1 aromatic rings. The van der Waals surface area contributed by atoms with Gasteiger partial charge in [0.25, 0.3) is 0 Å². The van der Waals surface area contributed by atoms with Gasteiger partial charge in [0.05, 0.1) is 23.8 Å². The van der Waals surface area contributed by atoms with Crippen LogP contribution in [0, 0.1) is 0 Å². The third-order valence-electron chi connectivity index (χ3n) is 2.68. The minimum atomic E-state index is -1.41. The van der Waals surface area contributed by atoms with Crippen LogP contribution in [0.3, 0.4) is 0 Å². The van der Waals surface area contributed by atoms with Crippen molar-refractivity contribution >= 4 is 34.9 Å². The van der Waals surface area contributed by atoms with E-state index in [2.05, 4.69) is 5.32 Å². The number of urea groups is 1. The molecule has 0 saturated carbocycles. The molecule has 1 aromatic carbocycles. The number of aliphatic hydroxyl groups is 1. The van der Waals surface area contributed by atoms with E-state index >= 15 is 0 Å². The molecule has 1 heterocycles. The van der Waals surface area contributed by atoms with E-state index in [1.807, 2.05) is 0 Å². The first-order chi connectivity index (χ1) is 8.47. The highest BCUT2D eigenvalue weighted by atomic mass is 35.5. The number of β-amino-alcohol motifs (C(OH)–C–C–N with tert-alkyl or cyclic N) is 1. The lowest BCUT2D eigenvalue weighted by atomic mass is 10.3. The van der Waals surface area contributed by atoms with Crippen molar-refractivity contribution in [3.8, 4) is 0 Å². The van der Waals surface area contributed by atoms with Gasteiger partial charge < -0.3 is 15.3 Å². The topological polar surface area (TPSA) is 52.6 Å². The zero-order chi connectivity index (χ0) is 13.3. The SMILES string of the molecule is O=C(Nc1ccc(Cl)cc1Cl)N1C[C@@H](O)[C@H](F)C1. The number of halogens is 3. The fourth-order valence-corrected chi connectivity index (χ4v) is 2.15. The van der Waals surface area contributed by atoms with E-state index in [1.54, 1.807) is 12.1 Å². The number of nitrogens with one attached hydrogen (secondary N) is 1. The Bertz CT molecular complexity index is 462. The Morgan fingerprint density at radius 3 is 2.72 bits per heavy atom. The van der Waals surface area contributed by atoms with Crippen LogP contribution in [0.4, 0.5) is 14.9 Å². The summed E-state index contributed by atoms with van der Waals surface area (Å²) < 4.78 is 13.1. The van der Waals surface area contributed by atoms with E-state index in [0.29, 0.717) is 15.7 Å². The van der Waals surface area contributed by atoms with E-state index in [0.717, 1.165) is 0 Å². The van der Waals surface area contributed by atoms with E-state index in [9.17, 15) is 14.3 Å². The van der Waals surface area contributed by atoms with Crippen molar-refractivity contribution in [2.45, 2.75) is 12.3 Å². The monoisotopic (exact) mass is 292 g/mol. The molecule has 0 spiro atoms. The molecule has 2 rings (SSSR count). The van der Waals surface area contributed by atoms with Crippen molar-refractivity contribution in [2.75, 3.05) is 18.4 Å². The molecule has 2 N–H and O–H groups in total. The second-order valence-corrected chi connectivity index (χ2v) is 4.89. The molecule has 1 aliphatic rings. The summed E-state index contributed by atoms with van der Waals surface area (Å²) in [5.74, 6) is 0. The predicted molar refractivity (Wildman–Crippen MR) is 68.0 cm³/mol. The number of rotatable bonds is 1. The highest BCUT2D eigenvalue weighted by Gasteiger charge is 2.34. The zero-order valence-electron chi connectivity index (χ0n) is 9.24. The summed E-state index contributed by atoms with van der Waals surface area (Å²) in [6.07, 6.45) is -2.53. The summed E-state index contributed by atoms with van der Waals surface area (Å²) >= 11 is 11.6. The number of benzene rings is 1. The highest BCUT2D eigenvalue weighted by molar-refractivity contribution is 6.36. The summed E-state index contributed by atoms with van der Waals surface area (Å²) in [6.45, 7) is -0.156. The van der Waals surface area contributed by atoms with E-state index < -0.39 is 18.3 Å². The van der Waals surface area contributed by atoms with Gasteiger partial charge in [-0.1, -0.05) is 23.2 Å². The Morgan fingerprint density at radius 1 is 1.44 bits per heavy atom. The van der Waals surface area contributed by atoms with E-state index in [-0.39, 0.29) is 13.1 Å². The van der Waals surface area contributed by atoms with Crippen molar-refractivity contribution in [1.82, 2.24) is 4.90 Å². The average molecular weight is 293 g/mol. The Labute approximate surface area is 113 Å². The first-order valence-corrected chi connectivity index (χ1v) is 6.06. The van der Waals surface area contributed by atoms with E-state index in [1.165, 1.54) is 11.0 Å². The molecule has 7 heteroatoms. The second kappa shape index (κ2) is 5.30. The quantitative estimate of drug-likeness (QED) is 0.836. The normalized spacial score (nSPS) is 23.2. The van der Waals surface area contributed by atoms with Crippen molar-refractivity contribution in [3.63, 3.8) is 0 Å². The third-order valence-corrected chi connectivity index (χ3v) is 3.23. The van der Waals surface area contributed by atoms with Gasteiger partial charge in [-0.25, -0.2) is 9.18 Å². The molecule has 0 aliphatic carbocycles. The summed E-state index contributed by atoms with van der Waals surface area (Å²) in [4.78, 5) is 13.0. The fourth-order valence-electron chi connectivity index (χ4n) is 1.70. The third kappa shape index (κ3) is 2.85. The number of anilines is 1. The number of aliphatic hydroxyl groups excluding tert-OH is 1. The highest BCUT2D eigenvalue weighted by Crippen LogP contribution is 2.26. The van der Waals surface area contributed by atoms with Crippen LogP contribution in [0.5, 0.6) is 0 Å². The zero-order valence-corrected chi connectivity index (χ0v) is 10.7. The largest absolute Gasteiger partial charge is 0.388 e. The molecular weight excluding hydrogens is 282 g/mol. The summed E-state index contributed by atoms with van der Waals surface area (Å²) in [6, 6.07) is 4.13. The van der Waals surface area contributed by atoms with Gasteiger partial charge in [-0.2, -0.15) is 0 Å². The Morgan fingerprint density at radius 2 is 2.17 bits per heavy atom. The van der Waals surface area contributed by atoms with Gasteiger partial charge in [0.1, 0.15) is 12.3 Å². The first-order valence-electron chi connectivity index (χ1n) is 5.30. The number of carbonyl (C=O) groups excluding carboxylic acids is 1. The molecule has 0 aromatic heterocycles. The van der Waals surface area contributed by atoms with Crippen molar-refractivity contribution in [3.05, 3.63) is 28.2 Å². The molecule has 0 unspecified atom stereocenters. The minimum absolute atomic E-state index is 0.0296. The molecule has 0 radical (unpaired) electrons. The molecule has 1 aliphatic heterocycles.